The van der Waals surface area contributed by atoms with E-state index in [4.69, 9.17) is 0 Å². The van der Waals surface area contributed by atoms with Crippen LogP contribution in [-0.4, -0.2) is 37.2 Å². The molecule has 34 heavy (non-hydrogen) atoms. The van der Waals surface area contributed by atoms with Crippen molar-refractivity contribution in [1.29, 1.82) is 0 Å². The largest absolute Gasteiger partial charge is 0.271 e. The summed E-state index contributed by atoms with van der Waals surface area (Å²) in [5, 5.41) is 13.8. The number of rotatable bonds is 4. The molecule has 0 saturated heterocycles. The summed E-state index contributed by atoms with van der Waals surface area (Å²) in [6.07, 6.45) is 12.9. The van der Waals surface area contributed by atoms with Crippen LogP contribution >= 0.6 is 0 Å². The highest BCUT2D eigenvalue weighted by molar-refractivity contribution is 6.21. The highest BCUT2D eigenvalue weighted by Crippen LogP contribution is 2.31. The number of aliphatic imine (C=N–C) groups is 2. The first-order valence-electron chi connectivity index (χ1n) is 12.5. The molecule has 0 fully saturated rings. The summed E-state index contributed by atoms with van der Waals surface area (Å²) >= 11 is 0. The van der Waals surface area contributed by atoms with Crippen LogP contribution in [-0.2, 0) is 0 Å². The Morgan fingerprint density at radius 1 is 0.559 bits per heavy atom. The van der Waals surface area contributed by atoms with Gasteiger partial charge in [0.2, 0.25) is 0 Å². The van der Waals surface area contributed by atoms with E-state index in [9.17, 15) is 0 Å². The van der Waals surface area contributed by atoms with Crippen LogP contribution in [0.15, 0.2) is 68.7 Å². The summed E-state index contributed by atoms with van der Waals surface area (Å²) in [5.41, 5.74) is 8.61. The molecule has 0 aromatic heterocycles. The second-order valence-electron chi connectivity index (χ2n) is 8.94. The van der Waals surface area contributed by atoms with Crippen LogP contribution < -0.4 is 10.9 Å². The fourth-order valence-corrected chi connectivity index (χ4v) is 4.75. The van der Waals surface area contributed by atoms with Crippen LogP contribution in [0, 0.1) is 0 Å². The molecule has 0 saturated carbocycles. The zero-order valence-electron chi connectivity index (χ0n) is 19.6. The van der Waals surface area contributed by atoms with Crippen LogP contribution in [0.2, 0.25) is 0 Å². The lowest BCUT2D eigenvalue weighted by Gasteiger charge is -2.12. The molecule has 0 radical (unpaired) electrons. The maximum absolute atomic E-state index is 4.63. The van der Waals surface area contributed by atoms with Gasteiger partial charge in [-0.1, -0.05) is 61.4 Å². The van der Waals surface area contributed by atoms with Gasteiger partial charge >= 0.3 is 0 Å². The Balaban J connectivity index is 1.50. The minimum absolute atomic E-state index is 0.887. The SMILES string of the molecule is C(=N\NC1=NCCCCC1)/c1c2ccccc2c(/C=N/NC2=NCCCCC2)c2ccccc12. The monoisotopic (exact) mass is 452 g/mol. The minimum atomic E-state index is 0.887. The second-order valence-corrected chi connectivity index (χ2v) is 8.94. The molecule has 0 atom stereocenters. The number of hydrogen-bond donors (Lipinski definition) is 2. The Bertz CT molecular complexity index is 1120. The van der Waals surface area contributed by atoms with Gasteiger partial charge in [-0.2, -0.15) is 10.2 Å². The molecule has 0 amide bonds. The lowest BCUT2D eigenvalue weighted by molar-refractivity contribution is 0.729. The summed E-state index contributed by atoms with van der Waals surface area (Å²) in [7, 11) is 0. The van der Waals surface area contributed by atoms with Crippen LogP contribution in [0.25, 0.3) is 21.5 Å². The number of amidine groups is 2. The number of hydrazone groups is 2. The smallest absolute Gasteiger partial charge is 0.117 e. The Hall–Kier alpha value is -3.54. The summed E-state index contributed by atoms with van der Waals surface area (Å²) in [5.74, 6) is 1.97. The predicted octanol–water partition coefficient (Wildman–Crippen LogP) is 5.79. The summed E-state index contributed by atoms with van der Waals surface area (Å²) in [6, 6.07) is 17.0. The number of fused-ring (bicyclic) bond motifs is 2. The Morgan fingerprint density at radius 3 is 1.38 bits per heavy atom. The lowest BCUT2D eigenvalue weighted by Crippen LogP contribution is -2.17. The first-order valence-corrected chi connectivity index (χ1v) is 12.5. The van der Waals surface area contributed by atoms with Gasteiger partial charge in [-0.05, 0) is 47.2 Å². The first-order chi connectivity index (χ1) is 16.9. The summed E-state index contributed by atoms with van der Waals surface area (Å²) < 4.78 is 0. The van der Waals surface area contributed by atoms with Gasteiger partial charge in [-0.25, -0.2) is 0 Å². The van der Waals surface area contributed by atoms with E-state index in [-0.39, 0.29) is 0 Å². The van der Waals surface area contributed by atoms with Crippen LogP contribution in [0.1, 0.15) is 62.5 Å². The van der Waals surface area contributed by atoms with E-state index >= 15 is 0 Å². The quantitative estimate of drug-likeness (QED) is 0.299. The Morgan fingerprint density at radius 2 is 0.971 bits per heavy atom. The molecular weight excluding hydrogens is 420 g/mol. The number of benzene rings is 3. The van der Waals surface area contributed by atoms with E-state index in [0.29, 0.717) is 0 Å². The number of hydrogen-bond acceptors (Lipinski definition) is 6. The maximum Gasteiger partial charge on any atom is 0.117 e. The van der Waals surface area contributed by atoms with Crippen molar-refractivity contribution in [3.8, 4) is 0 Å². The maximum atomic E-state index is 4.63. The molecule has 6 nitrogen and oxygen atoms in total. The van der Waals surface area contributed by atoms with E-state index in [1.807, 2.05) is 12.4 Å². The third-order valence-electron chi connectivity index (χ3n) is 6.54. The van der Waals surface area contributed by atoms with Gasteiger partial charge in [0.15, 0.2) is 0 Å². The average Bonchev–Trinajstić information content (AvgIpc) is 3.30. The third kappa shape index (κ3) is 5.16. The molecule has 2 aliphatic rings. The molecule has 5 rings (SSSR count). The molecule has 2 heterocycles. The Labute approximate surface area is 201 Å². The number of nitrogens with zero attached hydrogens (tertiary/aromatic N) is 4. The molecule has 174 valence electrons. The van der Waals surface area contributed by atoms with E-state index in [1.165, 1.54) is 25.7 Å². The summed E-state index contributed by atoms with van der Waals surface area (Å²) in [4.78, 5) is 9.26. The lowest BCUT2D eigenvalue weighted by atomic mass is 9.92. The molecule has 2 aliphatic heterocycles. The van der Waals surface area contributed by atoms with Gasteiger partial charge in [-0.15, -0.1) is 0 Å². The summed E-state index contributed by atoms with van der Waals surface area (Å²) in [6.45, 7) is 1.77. The molecule has 3 aromatic rings. The highest BCUT2D eigenvalue weighted by atomic mass is 15.3. The zero-order valence-corrected chi connectivity index (χ0v) is 19.6. The number of nitrogens with one attached hydrogen (secondary N) is 2. The zero-order chi connectivity index (χ0) is 23.0. The third-order valence-corrected chi connectivity index (χ3v) is 6.54. The van der Waals surface area contributed by atoms with E-state index in [1.54, 1.807) is 0 Å². The molecule has 0 spiro atoms. The predicted molar refractivity (Wildman–Crippen MR) is 144 cm³/mol. The van der Waals surface area contributed by atoms with Gasteiger partial charge in [0.1, 0.15) is 11.7 Å². The van der Waals surface area contributed by atoms with Gasteiger partial charge in [0.25, 0.3) is 0 Å². The topological polar surface area (TPSA) is 73.5 Å². The van der Waals surface area contributed by atoms with Gasteiger partial charge in [0.05, 0.1) is 12.4 Å². The van der Waals surface area contributed by atoms with Crippen molar-refractivity contribution < 1.29 is 0 Å². The van der Waals surface area contributed by atoms with Crippen molar-refractivity contribution in [3.05, 3.63) is 59.7 Å². The molecule has 3 aromatic carbocycles. The normalized spacial score (nSPS) is 17.5. The standard InChI is InChI=1S/C28H32N6/c1-3-15-27(29-17-9-1)33-31-19-25-21-11-5-7-13-23(21)26(24-14-8-6-12-22(24)25)20-32-34-28-16-4-2-10-18-30-28/h5-8,11-14,19-20H,1-4,9-10,15-18H2,(H,29,33)(H,30,34)/b31-19+,32-20+. The molecule has 0 aliphatic carbocycles. The van der Waals surface area contributed by atoms with E-state index in [0.717, 1.165) is 83.1 Å². The molecule has 0 unspecified atom stereocenters. The van der Waals surface area contributed by atoms with Crippen LogP contribution in [0.3, 0.4) is 0 Å². The average molecular weight is 453 g/mol. The van der Waals surface area contributed by atoms with Crippen molar-refractivity contribution >= 4 is 45.6 Å². The van der Waals surface area contributed by atoms with Crippen molar-refractivity contribution in [1.82, 2.24) is 10.9 Å². The molecule has 2 N–H and O–H groups in total. The fourth-order valence-electron chi connectivity index (χ4n) is 4.75. The van der Waals surface area contributed by atoms with Crippen LogP contribution in [0.4, 0.5) is 0 Å². The molecule has 0 bridgehead atoms. The van der Waals surface area contributed by atoms with E-state index < -0.39 is 0 Å². The van der Waals surface area contributed by atoms with Crippen molar-refractivity contribution in [2.24, 2.45) is 20.2 Å². The van der Waals surface area contributed by atoms with Gasteiger partial charge < -0.3 is 0 Å². The van der Waals surface area contributed by atoms with Crippen molar-refractivity contribution in [2.45, 2.75) is 51.4 Å². The molecule has 6 heteroatoms. The second kappa shape index (κ2) is 11.1. The Kier molecular flexibility index (Phi) is 7.24. The first kappa shape index (κ1) is 22.3. The van der Waals surface area contributed by atoms with Crippen molar-refractivity contribution in [3.63, 3.8) is 0 Å². The van der Waals surface area contributed by atoms with Crippen molar-refractivity contribution in [2.75, 3.05) is 13.1 Å². The van der Waals surface area contributed by atoms with E-state index in [2.05, 4.69) is 79.6 Å². The minimum Gasteiger partial charge on any atom is -0.271 e. The highest BCUT2D eigenvalue weighted by Gasteiger charge is 2.12. The van der Waals surface area contributed by atoms with Crippen LogP contribution in [0.5, 0.6) is 0 Å². The van der Waals surface area contributed by atoms with Gasteiger partial charge in [-0.3, -0.25) is 20.8 Å². The van der Waals surface area contributed by atoms with Gasteiger partial charge in [0, 0.05) is 37.1 Å². The molecular formula is C28H32N6. The fraction of sp³-hybridized carbons (Fsp3) is 0.357.